The van der Waals surface area contributed by atoms with Gasteiger partial charge in [0.25, 0.3) is 5.91 Å². The number of nitrogens with one attached hydrogen (secondary N) is 2. The number of carbonyl (C=O) groups excluding carboxylic acids is 1. The summed E-state index contributed by atoms with van der Waals surface area (Å²) in [6.07, 6.45) is 0. The quantitative estimate of drug-likeness (QED) is 0.868. The largest absolute Gasteiger partial charge is 0.385 e. The van der Waals surface area contributed by atoms with Crippen LogP contribution in [0.25, 0.3) is 0 Å². The third-order valence-corrected chi connectivity index (χ3v) is 3.42. The molecular formula is C16H17BrN2O. The Kier molecular flexibility index (Phi) is 4.79. The summed E-state index contributed by atoms with van der Waals surface area (Å²) < 4.78 is 0.985. The Morgan fingerprint density at radius 3 is 2.50 bits per heavy atom. The maximum atomic E-state index is 12.3. The highest BCUT2D eigenvalue weighted by atomic mass is 79.9. The highest BCUT2D eigenvalue weighted by Gasteiger charge is 2.11. The van der Waals surface area contributed by atoms with Crippen LogP contribution in [0.15, 0.2) is 46.9 Å². The molecule has 0 bridgehead atoms. The molecule has 3 nitrogen and oxygen atoms in total. The lowest BCUT2D eigenvalue weighted by molar-refractivity contribution is 0.102. The van der Waals surface area contributed by atoms with Crippen molar-refractivity contribution in [3.63, 3.8) is 0 Å². The van der Waals surface area contributed by atoms with E-state index in [0.717, 1.165) is 28.0 Å². The molecule has 0 unspecified atom stereocenters. The van der Waals surface area contributed by atoms with Crippen molar-refractivity contribution in [3.8, 4) is 0 Å². The van der Waals surface area contributed by atoms with E-state index >= 15 is 0 Å². The summed E-state index contributed by atoms with van der Waals surface area (Å²) >= 11 is 3.37. The lowest BCUT2D eigenvalue weighted by Crippen LogP contribution is -2.14. The number of benzene rings is 2. The summed E-state index contributed by atoms with van der Waals surface area (Å²) in [5.41, 5.74) is 3.42. The van der Waals surface area contributed by atoms with Gasteiger partial charge in [-0.15, -0.1) is 0 Å². The number of carbonyl (C=O) groups is 1. The van der Waals surface area contributed by atoms with Crippen LogP contribution in [0, 0.1) is 6.92 Å². The molecular weight excluding hydrogens is 316 g/mol. The Bertz CT molecular complexity index is 608. The van der Waals surface area contributed by atoms with E-state index in [2.05, 4.69) is 26.6 Å². The van der Waals surface area contributed by atoms with E-state index in [-0.39, 0.29) is 5.91 Å². The van der Waals surface area contributed by atoms with Crippen LogP contribution in [-0.4, -0.2) is 12.5 Å². The Hall–Kier alpha value is -1.81. The van der Waals surface area contributed by atoms with E-state index in [1.165, 1.54) is 0 Å². The number of aryl methyl sites for hydroxylation is 1. The van der Waals surface area contributed by atoms with Crippen molar-refractivity contribution < 1.29 is 4.79 Å². The first-order valence-corrected chi connectivity index (χ1v) is 7.31. The van der Waals surface area contributed by atoms with Gasteiger partial charge in [-0.2, -0.15) is 0 Å². The molecule has 0 aliphatic heterocycles. The van der Waals surface area contributed by atoms with E-state index in [0.29, 0.717) is 5.56 Å². The minimum atomic E-state index is -0.108. The topological polar surface area (TPSA) is 41.1 Å². The summed E-state index contributed by atoms with van der Waals surface area (Å²) in [6, 6.07) is 13.3. The molecule has 2 N–H and O–H groups in total. The molecule has 0 heterocycles. The van der Waals surface area contributed by atoms with Crippen molar-refractivity contribution in [3.05, 3.63) is 58.1 Å². The van der Waals surface area contributed by atoms with Crippen LogP contribution in [0.3, 0.4) is 0 Å². The maximum absolute atomic E-state index is 12.3. The van der Waals surface area contributed by atoms with Crippen LogP contribution >= 0.6 is 15.9 Å². The molecule has 0 aliphatic rings. The highest BCUT2D eigenvalue weighted by molar-refractivity contribution is 9.10. The van der Waals surface area contributed by atoms with Crippen LogP contribution < -0.4 is 10.6 Å². The molecule has 0 atom stereocenters. The molecule has 2 aromatic carbocycles. The molecule has 104 valence electrons. The summed E-state index contributed by atoms with van der Waals surface area (Å²) in [4.78, 5) is 12.3. The van der Waals surface area contributed by atoms with Crippen LogP contribution in [0.2, 0.25) is 0 Å². The molecule has 0 aliphatic carbocycles. The van der Waals surface area contributed by atoms with Crippen LogP contribution in [0.5, 0.6) is 0 Å². The normalized spacial score (nSPS) is 10.2. The minimum Gasteiger partial charge on any atom is -0.385 e. The molecule has 0 spiro atoms. The van der Waals surface area contributed by atoms with Gasteiger partial charge in [-0.1, -0.05) is 22.0 Å². The first-order chi connectivity index (χ1) is 9.60. The second-order valence-electron chi connectivity index (χ2n) is 4.54. The molecule has 1 amide bonds. The van der Waals surface area contributed by atoms with Crippen LogP contribution in [0.4, 0.5) is 11.4 Å². The molecule has 4 heteroatoms. The number of halogens is 1. The highest BCUT2D eigenvalue weighted by Crippen LogP contribution is 2.20. The number of amides is 1. The zero-order valence-electron chi connectivity index (χ0n) is 11.5. The molecule has 0 radical (unpaired) electrons. The molecule has 0 saturated heterocycles. The van der Waals surface area contributed by atoms with Gasteiger partial charge in [0.1, 0.15) is 0 Å². The first kappa shape index (κ1) is 14.6. The second kappa shape index (κ2) is 6.57. The summed E-state index contributed by atoms with van der Waals surface area (Å²) in [5, 5.41) is 6.13. The Morgan fingerprint density at radius 1 is 1.15 bits per heavy atom. The predicted octanol–water partition coefficient (Wildman–Crippen LogP) is 4.44. The molecule has 0 saturated carbocycles. The third-order valence-electron chi connectivity index (χ3n) is 2.89. The molecule has 0 aromatic heterocycles. The van der Waals surface area contributed by atoms with E-state index in [9.17, 15) is 4.79 Å². The van der Waals surface area contributed by atoms with E-state index in [4.69, 9.17) is 0 Å². The summed E-state index contributed by atoms with van der Waals surface area (Å²) in [5.74, 6) is -0.108. The van der Waals surface area contributed by atoms with Gasteiger partial charge in [0, 0.05) is 22.4 Å². The minimum absolute atomic E-state index is 0.108. The predicted molar refractivity (Wildman–Crippen MR) is 87.4 cm³/mol. The Labute approximate surface area is 127 Å². The van der Waals surface area contributed by atoms with Crippen molar-refractivity contribution in [2.45, 2.75) is 13.8 Å². The van der Waals surface area contributed by atoms with Crippen molar-refractivity contribution in [2.75, 3.05) is 17.2 Å². The van der Waals surface area contributed by atoms with Crippen LogP contribution in [0.1, 0.15) is 22.8 Å². The lowest BCUT2D eigenvalue weighted by Gasteiger charge is -2.12. The third kappa shape index (κ3) is 3.61. The zero-order valence-corrected chi connectivity index (χ0v) is 13.1. The summed E-state index contributed by atoms with van der Waals surface area (Å²) in [6.45, 7) is 4.80. The SMILES string of the molecule is CCNc1cc(C)ccc1C(=O)Nc1ccc(Br)cc1. The Balaban J connectivity index is 2.22. The standard InChI is InChI=1S/C16H17BrN2O/c1-3-18-15-10-11(2)4-9-14(15)16(20)19-13-7-5-12(17)6-8-13/h4-10,18H,3H2,1-2H3,(H,19,20). The zero-order chi connectivity index (χ0) is 14.5. The summed E-state index contributed by atoms with van der Waals surface area (Å²) in [7, 11) is 0. The number of hydrogen-bond donors (Lipinski definition) is 2. The van der Waals surface area contributed by atoms with Gasteiger partial charge in [-0.05, 0) is 55.8 Å². The van der Waals surface area contributed by atoms with Gasteiger partial charge in [0.05, 0.1) is 5.56 Å². The van der Waals surface area contributed by atoms with Gasteiger partial charge in [0.15, 0.2) is 0 Å². The van der Waals surface area contributed by atoms with Crippen molar-refractivity contribution in [2.24, 2.45) is 0 Å². The number of anilines is 2. The van der Waals surface area contributed by atoms with E-state index in [1.807, 2.05) is 56.3 Å². The fourth-order valence-electron chi connectivity index (χ4n) is 1.92. The number of hydrogen-bond acceptors (Lipinski definition) is 2. The fraction of sp³-hybridized carbons (Fsp3) is 0.188. The monoisotopic (exact) mass is 332 g/mol. The van der Waals surface area contributed by atoms with Gasteiger partial charge in [-0.3, -0.25) is 4.79 Å². The average Bonchev–Trinajstić information content (AvgIpc) is 2.42. The van der Waals surface area contributed by atoms with Crippen LogP contribution in [-0.2, 0) is 0 Å². The van der Waals surface area contributed by atoms with Gasteiger partial charge < -0.3 is 10.6 Å². The Morgan fingerprint density at radius 2 is 1.85 bits per heavy atom. The number of rotatable bonds is 4. The van der Waals surface area contributed by atoms with E-state index < -0.39 is 0 Å². The fourth-order valence-corrected chi connectivity index (χ4v) is 2.19. The molecule has 20 heavy (non-hydrogen) atoms. The van der Waals surface area contributed by atoms with Crippen molar-refractivity contribution in [1.82, 2.24) is 0 Å². The van der Waals surface area contributed by atoms with Gasteiger partial charge in [0.2, 0.25) is 0 Å². The lowest BCUT2D eigenvalue weighted by atomic mass is 10.1. The van der Waals surface area contributed by atoms with Crippen molar-refractivity contribution >= 4 is 33.2 Å². The molecule has 0 fully saturated rings. The molecule has 2 aromatic rings. The smallest absolute Gasteiger partial charge is 0.257 e. The van der Waals surface area contributed by atoms with Gasteiger partial charge in [-0.25, -0.2) is 0 Å². The first-order valence-electron chi connectivity index (χ1n) is 6.51. The maximum Gasteiger partial charge on any atom is 0.257 e. The second-order valence-corrected chi connectivity index (χ2v) is 5.46. The van der Waals surface area contributed by atoms with Crippen molar-refractivity contribution in [1.29, 1.82) is 0 Å². The van der Waals surface area contributed by atoms with E-state index in [1.54, 1.807) is 0 Å². The van der Waals surface area contributed by atoms with Gasteiger partial charge >= 0.3 is 0 Å². The average molecular weight is 333 g/mol. The molecule has 2 rings (SSSR count).